The fraction of sp³-hybridized carbons (Fsp3) is 0.550. The highest BCUT2D eigenvalue weighted by Gasteiger charge is 2.31. The van der Waals surface area contributed by atoms with Crippen LogP contribution in [0.25, 0.3) is 0 Å². The lowest BCUT2D eigenvalue weighted by Crippen LogP contribution is -2.18. The van der Waals surface area contributed by atoms with Gasteiger partial charge in [0.2, 0.25) is 5.91 Å². The number of carbonyl (C=O) groups excluding carboxylic acids is 3. The van der Waals surface area contributed by atoms with E-state index in [1.165, 1.54) is 11.8 Å². The smallest absolute Gasteiger partial charge is 0.341 e. The number of anilines is 1. The number of rotatable bonds is 9. The number of amides is 2. The lowest BCUT2D eigenvalue weighted by atomic mass is 10.1. The van der Waals surface area contributed by atoms with Gasteiger partial charge in [-0.1, -0.05) is 11.8 Å². The van der Waals surface area contributed by atoms with Crippen LogP contribution in [-0.4, -0.2) is 44.4 Å². The van der Waals surface area contributed by atoms with Gasteiger partial charge in [0.1, 0.15) is 10.8 Å². The molecule has 2 amide bonds. The van der Waals surface area contributed by atoms with Crippen LogP contribution in [0.15, 0.2) is 5.16 Å². The van der Waals surface area contributed by atoms with E-state index in [0.29, 0.717) is 16.6 Å². The minimum atomic E-state index is -0.659. The third-order valence-corrected chi connectivity index (χ3v) is 6.82. The minimum absolute atomic E-state index is 0.0804. The molecule has 9 nitrogen and oxygen atoms in total. The Labute approximate surface area is 189 Å². The molecule has 0 spiro atoms. The van der Waals surface area contributed by atoms with Gasteiger partial charge in [-0.15, -0.1) is 21.5 Å². The van der Waals surface area contributed by atoms with E-state index in [9.17, 15) is 14.4 Å². The van der Waals surface area contributed by atoms with Crippen molar-refractivity contribution >= 4 is 45.9 Å². The molecule has 0 unspecified atom stereocenters. The summed E-state index contributed by atoms with van der Waals surface area (Å²) >= 11 is 2.26. The van der Waals surface area contributed by atoms with Crippen molar-refractivity contribution in [2.75, 3.05) is 11.1 Å². The van der Waals surface area contributed by atoms with Gasteiger partial charge in [-0.3, -0.25) is 9.59 Å². The summed E-state index contributed by atoms with van der Waals surface area (Å²) in [6.07, 6.45) is 1.89. The highest BCUT2D eigenvalue weighted by atomic mass is 32.2. The van der Waals surface area contributed by atoms with E-state index < -0.39 is 11.9 Å². The Balaban J connectivity index is 1.75. The average Bonchev–Trinajstić information content (AvgIpc) is 3.33. The maximum Gasteiger partial charge on any atom is 0.341 e. The summed E-state index contributed by atoms with van der Waals surface area (Å²) in [4.78, 5) is 37.1. The Morgan fingerprint density at radius 1 is 1.26 bits per heavy atom. The molecule has 11 heteroatoms. The zero-order chi connectivity index (χ0) is 22.9. The number of nitrogens with zero attached hydrogens (tertiary/aromatic N) is 3. The van der Waals surface area contributed by atoms with Crippen molar-refractivity contribution in [1.82, 2.24) is 14.8 Å². The van der Waals surface area contributed by atoms with Crippen molar-refractivity contribution in [3.63, 3.8) is 0 Å². The van der Waals surface area contributed by atoms with E-state index in [2.05, 4.69) is 33.9 Å². The van der Waals surface area contributed by atoms with Gasteiger partial charge in [0.05, 0.1) is 22.3 Å². The van der Waals surface area contributed by atoms with E-state index in [-0.39, 0.29) is 39.2 Å². The number of aromatic nitrogens is 3. The van der Waals surface area contributed by atoms with Gasteiger partial charge in [0.15, 0.2) is 5.16 Å². The second-order valence-electron chi connectivity index (χ2n) is 7.99. The first-order valence-electron chi connectivity index (χ1n) is 10.1. The largest absolute Gasteiger partial charge is 0.459 e. The van der Waals surface area contributed by atoms with Gasteiger partial charge < -0.3 is 20.4 Å². The van der Waals surface area contributed by atoms with Crippen molar-refractivity contribution in [3.8, 4) is 0 Å². The third kappa shape index (κ3) is 5.27. The molecule has 2 heterocycles. The third-order valence-electron chi connectivity index (χ3n) is 4.65. The molecular formula is C20H27N5O4S2. The molecule has 31 heavy (non-hydrogen) atoms. The quantitative estimate of drug-likeness (QED) is 0.428. The standard InChI is InChI=1S/C20H27N5O4S2/c1-9(2)25-17(12-6-7-12)23-24-20(25)30-8-13(26)22-18-14(19(28)29-10(3)4)11(5)15(31-18)16(21)27/h9-10,12H,6-8H2,1-5H3,(H2,21,27)(H,22,26). The fourth-order valence-electron chi connectivity index (χ4n) is 3.14. The predicted molar refractivity (Wildman–Crippen MR) is 120 cm³/mol. The van der Waals surface area contributed by atoms with Crippen molar-refractivity contribution in [3.05, 3.63) is 21.8 Å². The molecule has 0 atom stereocenters. The Hall–Kier alpha value is -2.40. The zero-order valence-corrected chi connectivity index (χ0v) is 19.9. The predicted octanol–water partition coefficient (Wildman–Crippen LogP) is 3.50. The number of hydrogen-bond acceptors (Lipinski definition) is 8. The molecule has 3 N–H and O–H groups in total. The van der Waals surface area contributed by atoms with Crippen LogP contribution in [0.3, 0.4) is 0 Å². The van der Waals surface area contributed by atoms with Gasteiger partial charge in [0.25, 0.3) is 5.91 Å². The minimum Gasteiger partial charge on any atom is -0.459 e. The summed E-state index contributed by atoms with van der Waals surface area (Å²) in [5, 5.41) is 12.2. The molecule has 2 aromatic rings. The SMILES string of the molecule is Cc1c(C(N)=O)sc(NC(=O)CSc2nnc(C3CC3)n2C(C)C)c1C(=O)OC(C)C. The molecule has 168 valence electrons. The summed E-state index contributed by atoms with van der Waals surface area (Å²) in [5.74, 6) is -0.0871. The van der Waals surface area contributed by atoms with E-state index in [1.54, 1.807) is 20.8 Å². The van der Waals surface area contributed by atoms with Crippen molar-refractivity contribution in [2.45, 2.75) is 70.7 Å². The van der Waals surface area contributed by atoms with Gasteiger partial charge in [-0.2, -0.15) is 0 Å². The molecule has 1 aliphatic carbocycles. The van der Waals surface area contributed by atoms with E-state index in [1.807, 2.05) is 0 Å². The number of carbonyl (C=O) groups is 3. The van der Waals surface area contributed by atoms with E-state index in [4.69, 9.17) is 10.5 Å². The molecule has 1 aliphatic rings. The molecule has 0 aliphatic heterocycles. The molecule has 3 rings (SSSR count). The number of esters is 1. The first kappa shape index (κ1) is 23.3. The normalized spacial score (nSPS) is 13.6. The summed E-state index contributed by atoms with van der Waals surface area (Å²) < 4.78 is 7.34. The first-order chi connectivity index (χ1) is 14.6. The van der Waals surface area contributed by atoms with Crippen LogP contribution < -0.4 is 11.1 Å². The summed E-state index contributed by atoms with van der Waals surface area (Å²) in [6.45, 7) is 9.19. The van der Waals surface area contributed by atoms with Crippen LogP contribution in [0.2, 0.25) is 0 Å². The number of ether oxygens (including phenoxy) is 1. The lowest BCUT2D eigenvalue weighted by Gasteiger charge is -2.13. The van der Waals surface area contributed by atoms with Crippen LogP contribution in [0.5, 0.6) is 0 Å². The Morgan fingerprint density at radius 2 is 1.94 bits per heavy atom. The average molecular weight is 466 g/mol. The van der Waals surface area contributed by atoms with Crippen molar-refractivity contribution in [1.29, 1.82) is 0 Å². The number of primary amides is 1. The highest BCUT2D eigenvalue weighted by Crippen LogP contribution is 2.41. The Kier molecular flexibility index (Phi) is 7.05. The Bertz CT molecular complexity index is 1010. The number of hydrogen-bond donors (Lipinski definition) is 2. The fourth-order valence-corrected chi connectivity index (χ4v) is 5.08. The molecule has 0 aromatic carbocycles. The molecule has 0 radical (unpaired) electrons. The van der Waals surface area contributed by atoms with Crippen LogP contribution in [-0.2, 0) is 9.53 Å². The summed E-state index contributed by atoms with van der Waals surface area (Å²) in [6, 6.07) is 0.187. The van der Waals surface area contributed by atoms with Crippen molar-refractivity contribution < 1.29 is 19.1 Å². The second kappa shape index (κ2) is 9.39. The number of nitrogens with one attached hydrogen (secondary N) is 1. The van der Waals surface area contributed by atoms with Gasteiger partial charge in [-0.05, 0) is 53.0 Å². The molecule has 1 saturated carbocycles. The maximum atomic E-state index is 12.7. The van der Waals surface area contributed by atoms with Crippen molar-refractivity contribution in [2.24, 2.45) is 5.73 Å². The van der Waals surface area contributed by atoms with Crippen LogP contribution in [0.4, 0.5) is 5.00 Å². The molecular weight excluding hydrogens is 438 g/mol. The molecule has 1 fully saturated rings. The first-order valence-corrected chi connectivity index (χ1v) is 11.9. The Morgan fingerprint density at radius 3 is 2.48 bits per heavy atom. The maximum absolute atomic E-state index is 12.7. The van der Waals surface area contributed by atoms with Crippen LogP contribution in [0.1, 0.15) is 83.9 Å². The molecule has 0 saturated heterocycles. The number of thioether (sulfide) groups is 1. The monoisotopic (exact) mass is 465 g/mol. The van der Waals surface area contributed by atoms with Gasteiger partial charge >= 0.3 is 5.97 Å². The molecule has 0 bridgehead atoms. The zero-order valence-electron chi connectivity index (χ0n) is 18.2. The van der Waals surface area contributed by atoms with Gasteiger partial charge in [0, 0.05) is 12.0 Å². The summed E-state index contributed by atoms with van der Waals surface area (Å²) in [5.41, 5.74) is 5.99. The second-order valence-corrected chi connectivity index (χ2v) is 9.96. The molecule has 2 aromatic heterocycles. The van der Waals surface area contributed by atoms with Crippen LogP contribution in [0, 0.1) is 6.92 Å². The number of thiophene rings is 1. The summed E-state index contributed by atoms with van der Waals surface area (Å²) in [7, 11) is 0. The number of nitrogens with two attached hydrogens (primary N) is 1. The highest BCUT2D eigenvalue weighted by molar-refractivity contribution is 7.99. The van der Waals surface area contributed by atoms with E-state index >= 15 is 0 Å². The van der Waals surface area contributed by atoms with Gasteiger partial charge in [-0.25, -0.2) is 4.79 Å². The van der Waals surface area contributed by atoms with Crippen LogP contribution >= 0.6 is 23.1 Å². The topological polar surface area (TPSA) is 129 Å². The lowest BCUT2D eigenvalue weighted by molar-refractivity contribution is -0.113. The van der Waals surface area contributed by atoms with E-state index in [0.717, 1.165) is 30.0 Å².